The van der Waals surface area contributed by atoms with Crippen molar-refractivity contribution in [2.24, 2.45) is 11.8 Å². The topological polar surface area (TPSA) is 25.4 Å². The summed E-state index contributed by atoms with van der Waals surface area (Å²) in [6.07, 6.45) is 6.01. The predicted molar refractivity (Wildman–Crippen MR) is 93.4 cm³/mol. The van der Waals surface area contributed by atoms with Crippen molar-refractivity contribution in [3.63, 3.8) is 0 Å². The van der Waals surface area contributed by atoms with Crippen molar-refractivity contribution in [2.45, 2.75) is 38.3 Å². The molecule has 2 bridgehead atoms. The van der Waals surface area contributed by atoms with Gasteiger partial charge in [0.2, 0.25) is 0 Å². The number of para-hydroxylation sites is 1. The lowest BCUT2D eigenvalue weighted by Crippen LogP contribution is -2.55. The second-order valence-corrected chi connectivity index (χ2v) is 7.09. The molecule has 3 saturated heterocycles. The highest BCUT2D eigenvalue weighted by atomic mass is 16.5. The normalized spacial score (nSPS) is 31.4. The van der Waals surface area contributed by atoms with Crippen molar-refractivity contribution in [2.75, 3.05) is 20.2 Å². The summed E-state index contributed by atoms with van der Waals surface area (Å²) in [6, 6.07) is 11.1. The SMILES string of the molecule is CC[C@H]1CN2CC[C@H]1C[C@@H]2[C@H](OC)c1ccnc2ccccc12. The Balaban J connectivity index is 1.69. The van der Waals surface area contributed by atoms with E-state index >= 15 is 0 Å². The quantitative estimate of drug-likeness (QED) is 0.852. The van der Waals surface area contributed by atoms with Crippen molar-refractivity contribution in [3.05, 3.63) is 42.1 Å². The molecule has 4 heterocycles. The van der Waals surface area contributed by atoms with Gasteiger partial charge in [0.15, 0.2) is 0 Å². The number of ether oxygens (including phenoxy) is 1. The molecule has 0 aliphatic carbocycles. The molecule has 23 heavy (non-hydrogen) atoms. The van der Waals surface area contributed by atoms with Crippen LogP contribution < -0.4 is 0 Å². The Morgan fingerprint density at radius 2 is 2.17 bits per heavy atom. The maximum Gasteiger partial charge on any atom is 0.0983 e. The van der Waals surface area contributed by atoms with Gasteiger partial charge in [-0.2, -0.15) is 0 Å². The van der Waals surface area contributed by atoms with Crippen LogP contribution in [0.15, 0.2) is 36.5 Å². The number of hydrogen-bond acceptors (Lipinski definition) is 3. The van der Waals surface area contributed by atoms with Crippen LogP contribution in [-0.2, 0) is 4.74 Å². The fraction of sp³-hybridized carbons (Fsp3) is 0.550. The lowest BCUT2D eigenvalue weighted by Gasteiger charge is -2.52. The van der Waals surface area contributed by atoms with Gasteiger partial charge in [-0.1, -0.05) is 31.5 Å². The molecule has 0 spiro atoms. The van der Waals surface area contributed by atoms with Crippen LogP contribution in [0, 0.1) is 11.8 Å². The van der Waals surface area contributed by atoms with E-state index in [2.05, 4.69) is 47.1 Å². The molecule has 5 rings (SSSR count). The predicted octanol–water partition coefficient (Wildman–Crippen LogP) is 4.04. The van der Waals surface area contributed by atoms with Gasteiger partial charge in [0.05, 0.1) is 11.6 Å². The van der Waals surface area contributed by atoms with Crippen LogP contribution >= 0.6 is 0 Å². The maximum absolute atomic E-state index is 6.04. The van der Waals surface area contributed by atoms with E-state index < -0.39 is 0 Å². The van der Waals surface area contributed by atoms with Crippen molar-refractivity contribution >= 4 is 10.9 Å². The summed E-state index contributed by atoms with van der Waals surface area (Å²) in [4.78, 5) is 7.19. The van der Waals surface area contributed by atoms with E-state index in [0.29, 0.717) is 6.04 Å². The minimum atomic E-state index is 0.142. The van der Waals surface area contributed by atoms with Crippen molar-refractivity contribution in [3.8, 4) is 0 Å². The molecule has 2 aromatic rings. The molecule has 122 valence electrons. The van der Waals surface area contributed by atoms with Crippen LogP contribution in [0.2, 0.25) is 0 Å². The summed E-state index contributed by atoms with van der Waals surface area (Å²) in [5.74, 6) is 1.76. The maximum atomic E-state index is 6.04. The first-order valence-electron chi connectivity index (χ1n) is 8.92. The minimum absolute atomic E-state index is 0.142. The highest BCUT2D eigenvalue weighted by Crippen LogP contribution is 2.43. The Bertz CT molecular complexity index is 681. The summed E-state index contributed by atoms with van der Waals surface area (Å²) in [6.45, 7) is 4.81. The molecule has 0 radical (unpaired) electrons. The monoisotopic (exact) mass is 310 g/mol. The second-order valence-electron chi connectivity index (χ2n) is 7.09. The fourth-order valence-electron chi connectivity index (χ4n) is 4.81. The molecule has 1 unspecified atom stereocenters. The van der Waals surface area contributed by atoms with Gasteiger partial charge in [-0.05, 0) is 48.9 Å². The van der Waals surface area contributed by atoms with E-state index in [4.69, 9.17) is 4.74 Å². The molecule has 3 aliphatic rings. The number of pyridine rings is 1. The third kappa shape index (κ3) is 2.56. The van der Waals surface area contributed by atoms with Crippen LogP contribution in [-0.4, -0.2) is 36.1 Å². The molecule has 0 amide bonds. The zero-order chi connectivity index (χ0) is 15.8. The van der Waals surface area contributed by atoms with Gasteiger partial charge in [-0.3, -0.25) is 9.88 Å². The summed E-state index contributed by atoms with van der Waals surface area (Å²) in [5.41, 5.74) is 2.36. The smallest absolute Gasteiger partial charge is 0.0983 e. The Kier molecular flexibility index (Phi) is 4.08. The highest BCUT2D eigenvalue weighted by molar-refractivity contribution is 5.82. The van der Waals surface area contributed by atoms with Gasteiger partial charge < -0.3 is 4.74 Å². The van der Waals surface area contributed by atoms with E-state index in [1.807, 2.05) is 13.3 Å². The Morgan fingerprint density at radius 1 is 1.30 bits per heavy atom. The van der Waals surface area contributed by atoms with Crippen LogP contribution in [0.1, 0.15) is 37.9 Å². The Morgan fingerprint density at radius 3 is 2.91 bits per heavy atom. The molecule has 1 aromatic heterocycles. The van der Waals surface area contributed by atoms with E-state index in [9.17, 15) is 0 Å². The van der Waals surface area contributed by atoms with Crippen LogP contribution in [0.3, 0.4) is 0 Å². The minimum Gasteiger partial charge on any atom is -0.375 e. The van der Waals surface area contributed by atoms with Crippen LogP contribution in [0.4, 0.5) is 0 Å². The number of rotatable bonds is 4. The average Bonchev–Trinajstić information content (AvgIpc) is 2.63. The van der Waals surface area contributed by atoms with Crippen LogP contribution in [0.5, 0.6) is 0 Å². The first-order chi connectivity index (χ1) is 11.3. The van der Waals surface area contributed by atoms with E-state index in [-0.39, 0.29) is 6.10 Å². The number of methoxy groups -OCH3 is 1. The molecule has 1 aromatic carbocycles. The lowest BCUT2D eigenvalue weighted by molar-refractivity contribution is -0.0698. The van der Waals surface area contributed by atoms with E-state index in [0.717, 1.165) is 17.4 Å². The number of piperidine rings is 3. The molecule has 5 atom stereocenters. The summed E-state index contributed by atoms with van der Waals surface area (Å²) in [7, 11) is 1.86. The molecule has 3 aliphatic heterocycles. The molecule has 3 nitrogen and oxygen atoms in total. The zero-order valence-electron chi connectivity index (χ0n) is 14.1. The number of nitrogens with zero attached hydrogens (tertiary/aromatic N) is 2. The number of aromatic nitrogens is 1. The van der Waals surface area contributed by atoms with Gasteiger partial charge >= 0.3 is 0 Å². The zero-order valence-corrected chi connectivity index (χ0v) is 14.1. The van der Waals surface area contributed by atoms with E-state index in [1.54, 1.807) is 0 Å². The van der Waals surface area contributed by atoms with Crippen LogP contribution in [0.25, 0.3) is 10.9 Å². The molecule has 3 fully saturated rings. The standard InChI is InChI=1S/C20H26N2O/c1-3-14-13-22-11-9-15(14)12-19(22)20(23-2)17-8-10-21-18-7-5-4-6-16(17)18/h4-8,10,14-15,19-20H,3,9,11-13H2,1-2H3/t14-,15-,19+,20+/m0/s1. The Labute approximate surface area is 138 Å². The first kappa shape index (κ1) is 15.1. The van der Waals surface area contributed by atoms with Crippen molar-refractivity contribution < 1.29 is 4.74 Å². The second kappa shape index (κ2) is 6.21. The molecular formula is C20H26N2O. The third-order valence-electron chi connectivity index (χ3n) is 6.05. The number of hydrogen-bond donors (Lipinski definition) is 0. The van der Waals surface area contributed by atoms with Gasteiger partial charge in [-0.25, -0.2) is 0 Å². The van der Waals surface area contributed by atoms with Crippen molar-refractivity contribution in [1.82, 2.24) is 9.88 Å². The Hall–Kier alpha value is -1.45. The summed E-state index contributed by atoms with van der Waals surface area (Å²) < 4.78 is 6.04. The average molecular weight is 310 g/mol. The van der Waals surface area contributed by atoms with Gasteiger partial charge in [0, 0.05) is 31.3 Å². The molecule has 0 N–H and O–H groups in total. The highest BCUT2D eigenvalue weighted by Gasteiger charge is 2.43. The van der Waals surface area contributed by atoms with Gasteiger partial charge in [-0.15, -0.1) is 0 Å². The molecular weight excluding hydrogens is 284 g/mol. The lowest BCUT2D eigenvalue weighted by atomic mass is 9.72. The van der Waals surface area contributed by atoms with Gasteiger partial charge in [0.25, 0.3) is 0 Å². The molecule has 0 saturated carbocycles. The number of benzene rings is 1. The first-order valence-corrected chi connectivity index (χ1v) is 8.92. The molecule has 3 heteroatoms. The summed E-state index contributed by atoms with van der Waals surface area (Å²) >= 11 is 0. The third-order valence-corrected chi connectivity index (χ3v) is 6.05. The summed E-state index contributed by atoms with van der Waals surface area (Å²) in [5, 5.41) is 1.23. The number of fused-ring (bicyclic) bond motifs is 4. The van der Waals surface area contributed by atoms with Gasteiger partial charge in [0.1, 0.15) is 0 Å². The fourth-order valence-corrected chi connectivity index (χ4v) is 4.81. The van der Waals surface area contributed by atoms with E-state index in [1.165, 1.54) is 43.3 Å². The van der Waals surface area contributed by atoms with Crippen molar-refractivity contribution in [1.29, 1.82) is 0 Å². The largest absolute Gasteiger partial charge is 0.375 e.